The number of benzene rings is 2. The first-order valence-corrected chi connectivity index (χ1v) is 7.24. The lowest BCUT2D eigenvalue weighted by Gasteiger charge is -2.03. The molecule has 106 valence electrons. The number of carbonyl (C=O) groups excluding carboxylic acids is 1. The van der Waals surface area contributed by atoms with E-state index in [9.17, 15) is 9.18 Å². The summed E-state index contributed by atoms with van der Waals surface area (Å²) in [5.41, 5.74) is 2.18. The third-order valence-electron chi connectivity index (χ3n) is 3.39. The van der Waals surface area contributed by atoms with Gasteiger partial charge in [0, 0.05) is 22.5 Å². The predicted molar refractivity (Wildman–Crippen MR) is 82.8 cm³/mol. The number of fused-ring (bicyclic) bond motifs is 1. The predicted octanol–water partition coefficient (Wildman–Crippen LogP) is 3.90. The van der Waals surface area contributed by atoms with Crippen molar-refractivity contribution in [3.8, 4) is 0 Å². The zero-order chi connectivity index (χ0) is 15.0. The van der Waals surface area contributed by atoms with Gasteiger partial charge in [0.2, 0.25) is 0 Å². The number of carbonyl (C=O) groups is 1. The molecule has 0 fully saturated rings. The van der Waals surface area contributed by atoms with Crippen LogP contribution in [0.15, 0.2) is 46.9 Å². The molecule has 3 aromatic rings. The maximum absolute atomic E-state index is 13.1. The summed E-state index contributed by atoms with van der Waals surface area (Å²) in [7, 11) is 1.85. The van der Waals surface area contributed by atoms with Crippen LogP contribution < -0.4 is 0 Å². The molecule has 0 amide bonds. The quantitative estimate of drug-likeness (QED) is 0.674. The molecule has 0 atom stereocenters. The van der Waals surface area contributed by atoms with Crippen LogP contribution in [0.4, 0.5) is 4.39 Å². The molecule has 0 saturated carbocycles. The Morgan fingerprint density at radius 1 is 1.29 bits per heavy atom. The van der Waals surface area contributed by atoms with E-state index >= 15 is 0 Å². The molecule has 0 spiro atoms. The minimum atomic E-state index is -0.373. The lowest BCUT2D eigenvalue weighted by Crippen LogP contribution is -2.06. The van der Waals surface area contributed by atoms with Crippen molar-refractivity contribution in [2.24, 2.45) is 7.05 Å². The van der Waals surface area contributed by atoms with Gasteiger partial charge in [-0.2, -0.15) is 5.10 Å². The highest BCUT2D eigenvalue weighted by Crippen LogP contribution is 2.22. The van der Waals surface area contributed by atoms with Crippen LogP contribution in [0.2, 0.25) is 0 Å². The van der Waals surface area contributed by atoms with Crippen molar-refractivity contribution in [1.82, 2.24) is 9.78 Å². The van der Waals surface area contributed by atoms with Gasteiger partial charge in [-0.05, 0) is 40.2 Å². The summed E-state index contributed by atoms with van der Waals surface area (Å²) in [4.78, 5) is 12.4. The number of aromatic nitrogens is 2. The molecule has 1 heterocycles. The van der Waals surface area contributed by atoms with Gasteiger partial charge in [0.25, 0.3) is 0 Å². The van der Waals surface area contributed by atoms with Crippen LogP contribution in [0.25, 0.3) is 10.9 Å². The fourth-order valence-electron chi connectivity index (χ4n) is 2.38. The van der Waals surface area contributed by atoms with Crippen LogP contribution in [-0.4, -0.2) is 15.6 Å². The number of ketones is 1. The SMILES string of the molecule is Cn1nc(CC(=O)c2ccc(F)cc2Br)c2ccccc21. The topological polar surface area (TPSA) is 34.9 Å². The van der Waals surface area contributed by atoms with E-state index < -0.39 is 0 Å². The highest BCUT2D eigenvalue weighted by molar-refractivity contribution is 9.10. The number of hydrogen-bond donors (Lipinski definition) is 0. The molecule has 1 aromatic heterocycles. The van der Waals surface area contributed by atoms with Crippen molar-refractivity contribution in [3.63, 3.8) is 0 Å². The Morgan fingerprint density at radius 2 is 2.05 bits per heavy atom. The Balaban J connectivity index is 1.97. The molecular weight excluding hydrogens is 335 g/mol. The average molecular weight is 347 g/mol. The molecule has 0 bridgehead atoms. The summed E-state index contributed by atoms with van der Waals surface area (Å²) in [6.07, 6.45) is 0.186. The van der Waals surface area contributed by atoms with Gasteiger partial charge in [-0.3, -0.25) is 9.48 Å². The molecule has 0 aliphatic rings. The van der Waals surface area contributed by atoms with E-state index in [0.29, 0.717) is 10.0 Å². The van der Waals surface area contributed by atoms with Crippen molar-refractivity contribution >= 4 is 32.6 Å². The van der Waals surface area contributed by atoms with E-state index in [1.54, 1.807) is 4.68 Å². The number of halogens is 2. The number of rotatable bonds is 3. The van der Waals surface area contributed by atoms with Gasteiger partial charge in [0.1, 0.15) is 5.82 Å². The number of para-hydroxylation sites is 1. The molecule has 5 heteroatoms. The molecule has 0 unspecified atom stereocenters. The lowest BCUT2D eigenvalue weighted by molar-refractivity contribution is 0.0991. The first-order chi connectivity index (χ1) is 10.1. The summed E-state index contributed by atoms with van der Waals surface area (Å²) < 4.78 is 15.3. The van der Waals surface area contributed by atoms with E-state index in [1.165, 1.54) is 18.2 Å². The molecule has 0 aliphatic carbocycles. The van der Waals surface area contributed by atoms with Crippen LogP contribution in [0.1, 0.15) is 16.1 Å². The van der Waals surface area contributed by atoms with Crippen LogP contribution in [-0.2, 0) is 13.5 Å². The molecule has 2 aromatic carbocycles. The van der Waals surface area contributed by atoms with Crippen molar-refractivity contribution in [3.05, 3.63) is 64.0 Å². The third kappa shape index (κ3) is 2.61. The fraction of sp³-hybridized carbons (Fsp3) is 0.125. The molecule has 0 aliphatic heterocycles. The van der Waals surface area contributed by atoms with Crippen LogP contribution in [0.3, 0.4) is 0 Å². The number of nitrogens with zero attached hydrogens (tertiary/aromatic N) is 2. The molecule has 3 nitrogen and oxygen atoms in total. The second-order valence-electron chi connectivity index (χ2n) is 4.81. The van der Waals surface area contributed by atoms with Crippen LogP contribution >= 0.6 is 15.9 Å². The third-order valence-corrected chi connectivity index (χ3v) is 4.05. The summed E-state index contributed by atoms with van der Waals surface area (Å²) in [5.74, 6) is -0.465. The van der Waals surface area contributed by atoms with Gasteiger partial charge in [-0.25, -0.2) is 4.39 Å². The fourth-order valence-corrected chi connectivity index (χ4v) is 2.95. The molecule has 3 rings (SSSR count). The number of hydrogen-bond acceptors (Lipinski definition) is 2. The maximum Gasteiger partial charge on any atom is 0.170 e. The Bertz CT molecular complexity index is 841. The van der Waals surface area contributed by atoms with E-state index in [1.807, 2.05) is 31.3 Å². The smallest absolute Gasteiger partial charge is 0.170 e. The molecule has 21 heavy (non-hydrogen) atoms. The standard InChI is InChI=1S/C16H12BrFN2O/c1-20-15-5-3-2-4-12(15)14(19-20)9-16(21)11-7-6-10(18)8-13(11)17/h2-8H,9H2,1H3. The number of aryl methyl sites for hydroxylation is 1. The summed E-state index contributed by atoms with van der Waals surface area (Å²) >= 11 is 3.23. The minimum absolute atomic E-state index is 0.0919. The Kier molecular flexibility index (Phi) is 3.59. The van der Waals surface area contributed by atoms with Gasteiger partial charge in [-0.1, -0.05) is 18.2 Å². The van der Waals surface area contributed by atoms with Gasteiger partial charge in [0.15, 0.2) is 5.78 Å². The summed E-state index contributed by atoms with van der Waals surface area (Å²) in [6, 6.07) is 11.8. The normalized spacial score (nSPS) is 11.0. The van der Waals surface area contributed by atoms with Crippen molar-refractivity contribution < 1.29 is 9.18 Å². The highest BCUT2D eigenvalue weighted by atomic mass is 79.9. The molecular formula is C16H12BrFN2O. The second-order valence-corrected chi connectivity index (χ2v) is 5.67. The monoisotopic (exact) mass is 346 g/mol. The second kappa shape index (κ2) is 5.41. The van der Waals surface area contributed by atoms with Gasteiger partial charge in [-0.15, -0.1) is 0 Å². The first-order valence-electron chi connectivity index (χ1n) is 6.45. The molecule has 0 radical (unpaired) electrons. The minimum Gasteiger partial charge on any atom is -0.294 e. The Morgan fingerprint density at radius 3 is 2.81 bits per heavy atom. The first kappa shape index (κ1) is 13.9. The largest absolute Gasteiger partial charge is 0.294 e. The number of Topliss-reactive ketones (excluding diaryl/α,β-unsaturated/α-hetero) is 1. The van der Waals surface area contributed by atoms with Crippen molar-refractivity contribution in [2.45, 2.75) is 6.42 Å². The molecule has 0 saturated heterocycles. The van der Waals surface area contributed by atoms with Crippen LogP contribution in [0, 0.1) is 5.82 Å². The molecule has 0 N–H and O–H groups in total. The van der Waals surface area contributed by atoms with Gasteiger partial charge < -0.3 is 0 Å². The van der Waals surface area contributed by atoms with E-state index in [0.717, 1.165) is 16.6 Å². The zero-order valence-electron chi connectivity index (χ0n) is 11.3. The zero-order valence-corrected chi connectivity index (χ0v) is 12.9. The summed E-state index contributed by atoms with van der Waals surface area (Å²) in [6.45, 7) is 0. The van der Waals surface area contributed by atoms with E-state index in [2.05, 4.69) is 21.0 Å². The Hall–Kier alpha value is -2.01. The van der Waals surface area contributed by atoms with Gasteiger partial charge in [0.05, 0.1) is 17.6 Å². The maximum atomic E-state index is 13.1. The van der Waals surface area contributed by atoms with E-state index in [4.69, 9.17) is 0 Å². The van der Waals surface area contributed by atoms with E-state index in [-0.39, 0.29) is 18.0 Å². The highest BCUT2D eigenvalue weighted by Gasteiger charge is 2.16. The average Bonchev–Trinajstić information content (AvgIpc) is 2.76. The lowest BCUT2D eigenvalue weighted by atomic mass is 10.0. The van der Waals surface area contributed by atoms with Crippen LogP contribution in [0.5, 0.6) is 0 Å². The van der Waals surface area contributed by atoms with Gasteiger partial charge >= 0.3 is 0 Å². The van der Waals surface area contributed by atoms with Crippen molar-refractivity contribution in [2.75, 3.05) is 0 Å². The Labute approximate surface area is 129 Å². The summed E-state index contributed by atoms with van der Waals surface area (Å²) in [5, 5.41) is 5.37. The van der Waals surface area contributed by atoms with Crippen molar-refractivity contribution in [1.29, 1.82) is 0 Å².